The molecule has 0 aliphatic heterocycles. The number of hydrogen-bond donors (Lipinski definition) is 2. The first-order valence-corrected chi connectivity index (χ1v) is 10.6. The fourth-order valence-electron chi connectivity index (χ4n) is 4.21. The molecular weight excluding hydrogens is 370 g/mol. The number of aliphatic hydroxyl groups excluding tert-OH is 1. The smallest absolute Gasteiger partial charge is 0.141 e. The Morgan fingerprint density at radius 2 is 2.04 bits per heavy atom. The summed E-state index contributed by atoms with van der Waals surface area (Å²) >= 11 is 1.75. The SMILES string of the molecule is C=C(O)C(OCC)c1c(C)nc2sc3c(c2c1-c1ccccc1O)CCCC3. The zero-order valence-corrected chi connectivity index (χ0v) is 17.1. The van der Waals surface area contributed by atoms with E-state index in [0.29, 0.717) is 6.61 Å². The van der Waals surface area contributed by atoms with Gasteiger partial charge in [-0.15, -0.1) is 11.3 Å². The molecule has 146 valence electrons. The van der Waals surface area contributed by atoms with E-state index >= 15 is 0 Å². The van der Waals surface area contributed by atoms with E-state index in [9.17, 15) is 10.2 Å². The molecule has 1 aliphatic carbocycles. The molecule has 5 heteroatoms. The number of aliphatic hydroxyl groups is 1. The zero-order valence-electron chi connectivity index (χ0n) is 16.3. The summed E-state index contributed by atoms with van der Waals surface area (Å²) in [5.41, 5.74) is 4.56. The van der Waals surface area contributed by atoms with Gasteiger partial charge in [0.05, 0.1) is 0 Å². The summed E-state index contributed by atoms with van der Waals surface area (Å²) in [4.78, 5) is 7.26. The molecule has 2 aromatic heterocycles. The summed E-state index contributed by atoms with van der Waals surface area (Å²) < 4.78 is 5.87. The molecule has 0 spiro atoms. The lowest BCUT2D eigenvalue weighted by Gasteiger charge is -2.23. The number of aryl methyl sites for hydroxylation is 3. The van der Waals surface area contributed by atoms with Crippen LogP contribution in [0.1, 0.15) is 47.6 Å². The van der Waals surface area contributed by atoms with Gasteiger partial charge in [0, 0.05) is 39.3 Å². The molecule has 0 radical (unpaired) electrons. The van der Waals surface area contributed by atoms with Crippen molar-refractivity contribution in [2.75, 3.05) is 6.61 Å². The Morgan fingerprint density at radius 3 is 2.75 bits per heavy atom. The molecule has 1 aromatic carbocycles. The average molecular weight is 396 g/mol. The van der Waals surface area contributed by atoms with E-state index in [1.54, 1.807) is 17.4 Å². The van der Waals surface area contributed by atoms with Gasteiger partial charge in [0.25, 0.3) is 0 Å². The summed E-state index contributed by atoms with van der Waals surface area (Å²) in [5, 5.41) is 22.1. The van der Waals surface area contributed by atoms with Crippen LogP contribution in [0.5, 0.6) is 5.75 Å². The Balaban J connectivity index is 2.13. The summed E-state index contributed by atoms with van der Waals surface area (Å²) in [7, 11) is 0. The standard InChI is InChI=1S/C23H25NO3S/c1-4-27-22(14(3)25)19-13(2)24-23-21(16-10-6-8-12-18(16)28-23)20(19)15-9-5-7-11-17(15)26/h5,7,9,11,22,25-26H,3-4,6,8,10,12H2,1-2H3. The minimum Gasteiger partial charge on any atom is -0.510 e. The van der Waals surface area contributed by atoms with Crippen LogP contribution in [0.2, 0.25) is 0 Å². The topological polar surface area (TPSA) is 62.6 Å². The zero-order chi connectivity index (χ0) is 19.8. The van der Waals surface area contributed by atoms with Gasteiger partial charge in [0.2, 0.25) is 0 Å². The highest BCUT2D eigenvalue weighted by molar-refractivity contribution is 7.19. The van der Waals surface area contributed by atoms with E-state index in [2.05, 4.69) is 6.58 Å². The summed E-state index contributed by atoms with van der Waals surface area (Å²) in [5.74, 6) is 0.164. The highest BCUT2D eigenvalue weighted by atomic mass is 32.1. The number of thiophene rings is 1. The monoisotopic (exact) mass is 395 g/mol. The molecule has 1 aliphatic rings. The van der Waals surface area contributed by atoms with Gasteiger partial charge in [-0.25, -0.2) is 4.98 Å². The first kappa shape index (κ1) is 19.0. The minimum absolute atomic E-state index is 0.0492. The second-order valence-corrected chi connectivity index (χ2v) is 8.30. The number of aromatic hydroxyl groups is 1. The lowest BCUT2D eigenvalue weighted by molar-refractivity contribution is 0.0579. The predicted molar refractivity (Wildman–Crippen MR) is 114 cm³/mol. The Labute approximate surface area is 169 Å². The molecule has 4 rings (SSSR count). The van der Waals surface area contributed by atoms with E-state index in [1.807, 2.05) is 32.0 Å². The van der Waals surface area contributed by atoms with Crippen LogP contribution in [0.15, 0.2) is 36.6 Å². The van der Waals surface area contributed by atoms with Crippen molar-refractivity contribution in [1.29, 1.82) is 0 Å². The van der Waals surface area contributed by atoms with Crippen molar-refractivity contribution in [1.82, 2.24) is 4.98 Å². The molecule has 28 heavy (non-hydrogen) atoms. The number of rotatable bonds is 5. The number of ether oxygens (including phenoxy) is 1. The number of pyridine rings is 1. The van der Waals surface area contributed by atoms with Crippen LogP contribution in [0.3, 0.4) is 0 Å². The molecule has 0 saturated heterocycles. The summed E-state index contributed by atoms with van der Waals surface area (Å²) in [6.45, 7) is 8.01. The lowest BCUT2D eigenvalue weighted by atomic mass is 9.87. The molecule has 2 N–H and O–H groups in total. The quantitative estimate of drug-likeness (QED) is 0.520. The first-order chi connectivity index (χ1) is 13.5. The van der Waals surface area contributed by atoms with Crippen LogP contribution in [0.25, 0.3) is 21.3 Å². The lowest BCUT2D eigenvalue weighted by Crippen LogP contribution is -2.12. The molecule has 0 saturated carbocycles. The van der Waals surface area contributed by atoms with Crippen molar-refractivity contribution < 1.29 is 14.9 Å². The van der Waals surface area contributed by atoms with Gasteiger partial charge in [-0.2, -0.15) is 0 Å². The number of hydrogen-bond acceptors (Lipinski definition) is 5. The van der Waals surface area contributed by atoms with Crippen molar-refractivity contribution in [2.45, 2.75) is 45.6 Å². The van der Waals surface area contributed by atoms with Crippen LogP contribution in [0, 0.1) is 6.92 Å². The second-order valence-electron chi connectivity index (χ2n) is 7.22. The van der Waals surface area contributed by atoms with Crippen LogP contribution in [-0.4, -0.2) is 21.8 Å². The maximum atomic E-state index is 10.7. The third-order valence-corrected chi connectivity index (χ3v) is 6.59. The highest BCUT2D eigenvalue weighted by Gasteiger charge is 2.29. The van der Waals surface area contributed by atoms with E-state index in [0.717, 1.165) is 51.9 Å². The fourth-order valence-corrected chi connectivity index (χ4v) is 5.53. The minimum atomic E-state index is -0.685. The molecule has 4 nitrogen and oxygen atoms in total. The van der Waals surface area contributed by atoms with Crippen LogP contribution < -0.4 is 0 Å². The highest BCUT2D eigenvalue weighted by Crippen LogP contribution is 2.47. The number of para-hydroxylation sites is 1. The largest absolute Gasteiger partial charge is 0.510 e. The van der Waals surface area contributed by atoms with Gasteiger partial charge in [0.15, 0.2) is 0 Å². The molecule has 0 bridgehead atoms. The van der Waals surface area contributed by atoms with Gasteiger partial charge >= 0.3 is 0 Å². The van der Waals surface area contributed by atoms with Crippen molar-refractivity contribution in [3.63, 3.8) is 0 Å². The fraction of sp³-hybridized carbons (Fsp3) is 0.348. The predicted octanol–water partition coefficient (Wildman–Crippen LogP) is 6.01. The Morgan fingerprint density at radius 1 is 1.29 bits per heavy atom. The second kappa shape index (κ2) is 7.57. The van der Waals surface area contributed by atoms with Crippen LogP contribution >= 0.6 is 11.3 Å². The number of benzene rings is 1. The molecule has 2 heterocycles. The van der Waals surface area contributed by atoms with Crippen molar-refractivity contribution in [3.8, 4) is 16.9 Å². The van der Waals surface area contributed by atoms with Gasteiger partial charge < -0.3 is 14.9 Å². The molecular formula is C23H25NO3S. The Kier molecular flexibility index (Phi) is 5.13. The van der Waals surface area contributed by atoms with Gasteiger partial charge in [-0.05, 0) is 51.2 Å². The Hall–Kier alpha value is -2.37. The number of nitrogens with zero attached hydrogens (tertiary/aromatic N) is 1. The van der Waals surface area contributed by atoms with Crippen LogP contribution in [0.4, 0.5) is 0 Å². The summed E-state index contributed by atoms with van der Waals surface area (Å²) in [6.07, 6.45) is 3.76. The average Bonchev–Trinajstić information content (AvgIpc) is 3.03. The molecule has 1 atom stereocenters. The number of phenols is 1. The van der Waals surface area contributed by atoms with Gasteiger partial charge in [0.1, 0.15) is 22.4 Å². The molecule has 0 fully saturated rings. The third-order valence-electron chi connectivity index (χ3n) is 5.40. The number of phenolic OH excluding ortho intramolecular Hbond substituents is 1. The van der Waals surface area contributed by atoms with E-state index in [4.69, 9.17) is 9.72 Å². The normalized spacial score (nSPS) is 14.8. The van der Waals surface area contributed by atoms with E-state index in [-0.39, 0.29) is 11.5 Å². The Bertz CT molecular complexity index is 1050. The molecule has 3 aromatic rings. The van der Waals surface area contributed by atoms with E-state index < -0.39 is 6.10 Å². The van der Waals surface area contributed by atoms with Crippen molar-refractivity contribution in [3.05, 3.63) is 58.3 Å². The molecule has 1 unspecified atom stereocenters. The number of fused-ring (bicyclic) bond motifs is 3. The van der Waals surface area contributed by atoms with Gasteiger partial charge in [-0.3, -0.25) is 0 Å². The van der Waals surface area contributed by atoms with Crippen molar-refractivity contribution >= 4 is 21.6 Å². The summed E-state index contributed by atoms with van der Waals surface area (Å²) in [6, 6.07) is 7.35. The number of aromatic nitrogens is 1. The van der Waals surface area contributed by atoms with Gasteiger partial charge in [-0.1, -0.05) is 24.8 Å². The van der Waals surface area contributed by atoms with Crippen molar-refractivity contribution in [2.24, 2.45) is 0 Å². The molecule has 0 amide bonds. The first-order valence-electron chi connectivity index (χ1n) is 9.75. The van der Waals surface area contributed by atoms with E-state index in [1.165, 1.54) is 16.9 Å². The maximum Gasteiger partial charge on any atom is 0.141 e. The van der Waals surface area contributed by atoms with Crippen LogP contribution in [-0.2, 0) is 17.6 Å². The third kappa shape index (κ3) is 3.09. The maximum absolute atomic E-state index is 10.7.